The summed E-state index contributed by atoms with van der Waals surface area (Å²) in [6.07, 6.45) is 0.888. The first-order valence-electron chi connectivity index (χ1n) is 5.14. The van der Waals surface area contributed by atoms with Crippen molar-refractivity contribution in [3.8, 4) is 6.07 Å². The molecule has 0 saturated heterocycles. The van der Waals surface area contributed by atoms with Crippen LogP contribution in [0.5, 0.6) is 0 Å². The zero-order valence-corrected chi connectivity index (χ0v) is 10.2. The number of carbonyl (C=O) groups is 1. The van der Waals surface area contributed by atoms with E-state index in [0.29, 0.717) is 11.1 Å². The molecule has 0 fully saturated rings. The molecule has 0 spiro atoms. The van der Waals surface area contributed by atoms with Gasteiger partial charge in [-0.15, -0.1) is 0 Å². The third-order valence-electron chi connectivity index (χ3n) is 2.50. The maximum absolute atomic E-state index is 11.4. The molecule has 0 aliphatic rings. The highest BCUT2D eigenvalue weighted by atomic mass is 16.5. The molecule has 92 valence electrons. The van der Waals surface area contributed by atoms with Gasteiger partial charge in [0, 0.05) is 11.8 Å². The molecule has 0 unspecified atom stereocenters. The van der Waals surface area contributed by atoms with Crippen LogP contribution in [0.25, 0.3) is 5.70 Å². The normalized spacial score (nSPS) is 11.2. The van der Waals surface area contributed by atoms with Crippen LogP contribution in [0.1, 0.15) is 21.5 Å². The number of methoxy groups -OCH3 is 1. The summed E-state index contributed by atoms with van der Waals surface area (Å²) in [5.41, 5.74) is 7.78. The number of esters is 1. The molecule has 0 heterocycles. The SMILES string of the molecule is COC(=O)c1ccc(C)c(/C(N)=C(\C#N)C=N)c1. The number of aryl methyl sites for hydroxylation is 1. The van der Waals surface area contributed by atoms with Gasteiger partial charge in [-0.25, -0.2) is 4.79 Å². The van der Waals surface area contributed by atoms with Crippen molar-refractivity contribution >= 4 is 17.9 Å². The average Bonchev–Trinajstić information content (AvgIpc) is 2.39. The van der Waals surface area contributed by atoms with Crippen LogP contribution in [-0.4, -0.2) is 19.3 Å². The van der Waals surface area contributed by atoms with E-state index in [0.717, 1.165) is 11.8 Å². The maximum Gasteiger partial charge on any atom is 0.337 e. The maximum atomic E-state index is 11.4. The van der Waals surface area contributed by atoms with Gasteiger partial charge in [0.1, 0.15) is 6.07 Å². The van der Waals surface area contributed by atoms with Crippen molar-refractivity contribution in [1.29, 1.82) is 10.7 Å². The van der Waals surface area contributed by atoms with Crippen molar-refractivity contribution in [2.45, 2.75) is 6.92 Å². The Bertz CT molecular complexity index is 568. The predicted molar refractivity (Wildman–Crippen MR) is 68.0 cm³/mol. The molecule has 3 N–H and O–H groups in total. The van der Waals surface area contributed by atoms with Crippen molar-refractivity contribution in [3.63, 3.8) is 0 Å². The van der Waals surface area contributed by atoms with E-state index in [9.17, 15) is 4.79 Å². The minimum atomic E-state index is -0.475. The van der Waals surface area contributed by atoms with Gasteiger partial charge in [-0.05, 0) is 24.6 Å². The molecule has 5 heteroatoms. The highest BCUT2D eigenvalue weighted by Crippen LogP contribution is 2.19. The summed E-state index contributed by atoms with van der Waals surface area (Å²) in [7, 11) is 1.29. The lowest BCUT2D eigenvalue weighted by atomic mass is 10.00. The number of nitrogens with two attached hydrogens (primary N) is 1. The fourth-order valence-corrected chi connectivity index (χ4v) is 1.47. The highest BCUT2D eigenvalue weighted by molar-refractivity contribution is 5.95. The van der Waals surface area contributed by atoms with Gasteiger partial charge in [0.05, 0.1) is 23.9 Å². The van der Waals surface area contributed by atoms with Crippen molar-refractivity contribution in [2.75, 3.05) is 7.11 Å². The zero-order valence-electron chi connectivity index (χ0n) is 10.2. The van der Waals surface area contributed by atoms with E-state index < -0.39 is 5.97 Å². The lowest BCUT2D eigenvalue weighted by Crippen LogP contribution is -2.07. The molecule has 18 heavy (non-hydrogen) atoms. The van der Waals surface area contributed by atoms with Crippen LogP contribution in [-0.2, 0) is 4.74 Å². The number of allylic oxidation sites excluding steroid dienone is 1. The minimum absolute atomic E-state index is 0.0557. The van der Waals surface area contributed by atoms with E-state index in [4.69, 9.17) is 16.4 Å². The second kappa shape index (κ2) is 5.64. The first-order valence-corrected chi connectivity index (χ1v) is 5.14. The van der Waals surface area contributed by atoms with E-state index in [2.05, 4.69) is 4.74 Å². The summed E-state index contributed by atoms with van der Waals surface area (Å²) in [5, 5.41) is 16.0. The molecular weight excluding hydrogens is 230 g/mol. The molecule has 0 atom stereocenters. The summed E-state index contributed by atoms with van der Waals surface area (Å²) in [5.74, 6) is -0.475. The lowest BCUT2D eigenvalue weighted by molar-refractivity contribution is 0.0600. The topological polar surface area (TPSA) is 100.0 Å². The predicted octanol–water partition coefficient (Wildman–Crippen LogP) is 1.62. The van der Waals surface area contributed by atoms with Crippen LogP contribution < -0.4 is 5.73 Å². The Hall–Kier alpha value is -2.61. The van der Waals surface area contributed by atoms with Gasteiger partial charge in [0.25, 0.3) is 0 Å². The largest absolute Gasteiger partial charge is 0.465 e. The molecule has 0 aromatic heterocycles. The molecule has 0 bridgehead atoms. The van der Waals surface area contributed by atoms with E-state index in [1.165, 1.54) is 7.11 Å². The minimum Gasteiger partial charge on any atom is -0.465 e. The molecule has 1 aromatic rings. The van der Waals surface area contributed by atoms with Crippen LogP contribution in [0.3, 0.4) is 0 Å². The van der Waals surface area contributed by atoms with Crippen molar-refractivity contribution in [1.82, 2.24) is 0 Å². The van der Waals surface area contributed by atoms with Gasteiger partial charge in [-0.2, -0.15) is 5.26 Å². The Labute approximate surface area is 105 Å². The van der Waals surface area contributed by atoms with E-state index >= 15 is 0 Å². The zero-order chi connectivity index (χ0) is 13.7. The number of benzene rings is 1. The van der Waals surface area contributed by atoms with E-state index in [1.807, 2.05) is 13.0 Å². The molecule has 0 aliphatic heterocycles. The number of hydrogen-bond acceptors (Lipinski definition) is 5. The first-order chi connectivity index (χ1) is 8.54. The molecular formula is C13H13N3O2. The van der Waals surface area contributed by atoms with Gasteiger partial charge in [0.2, 0.25) is 0 Å². The lowest BCUT2D eigenvalue weighted by Gasteiger charge is -2.09. The van der Waals surface area contributed by atoms with Gasteiger partial charge >= 0.3 is 5.97 Å². The third kappa shape index (κ3) is 2.55. The second-order valence-corrected chi connectivity index (χ2v) is 3.60. The number of nitrogens with zero attached hydrogens (tertiary/aromatic N) is 1. The van der Waals surface area contributed by atoms with Crippen LogP contribution in [0.4, 0.5) is 0 Å². The Balaban J connectivity index is 3.42. The smallest absolute Gasteiger partial charge is 0.337 e. The van der Waals surface area contributed by atoms with Crippen molar-refractivity contribution < 1.29 is 9.53 Å². The Morgan fingerprint density at radius 2 is 2.22 bits per heavy atom. The first kappa shape index (κ1) is 13.5. The summed E-state index contributed by atoms with van der Waals surface area (Å²) >= 11 is 0. The fraction of sp³-hybridized carbons (Fsp3) is 0.154. The Morgan fingerprint density at radius 1 is 1.56 bits per heavy atom. The molecule has 0 aliphatic carbocycles. The second-order valence-electron chi connectivity index (χ2n) is 3.60. The molecule has 0 saturated carbocycles. The monoisotopic (exact) mass is 243 g/mol. The molecule has 0 amide bonds. The van der Waals surface area contributed by atoms with Crippen LogP contribution in [0.15, 0.2) is 23.8 Å². The Kier molecular flexibility index (Phi) is 4.22. The summed E-state index contributed by atoms with van der Waals surface area (Å²) in [6.45, 7) is 1.81. The number of nitrogens with one attached hydrogen (secondary N) is 1. The van der Waals surface area contributed by atoms with Crippen LogP contribution in [0.2, 0.25) is 0 Å². The van der Waals surface area contributed by atoms with Gasteiger partial charge in [0.15, 0.2) is 0 Å². The van der Waals surface area contributed by atoms with E-state index in [-0.39, 0.29) is 11.3 Å². The quantitative estimate of drug-likeness (QED) is 0.478. The van der Waals surface area contributed by atoms with Gasteiger partial charge in [-0.1, -0.05) is 6.07 Å². The molecule has 1 aromatic carbocycles. The van der Waals surface area contributed by atoms with Crippen LogP contribution >= 0.6 is 0 Å². The standard InChI is InChI=1S/C13H13N3O2/c1-8-3-4-9(13(17)18-2)5-11(8)12(16)10(6-14)7-15/h3-6,14H,16H2,1-2H3/b12-10+,14-6?. The van der Waals surface area contributed by atoms with E-state index in [1.54, 1.807) is 18.2 Å². The van der Waals surface area contributed by atoms with Gasteiger partial charge in [-0.3, -0.25) is 0 Å². The highest BCUT2D eigenvalue weighted by Gasteiger charge is 2.11. The Morgan fingerprint density at radius 3 is 2.72 bits per heavy atom. The summed E-state index contributed by atoms with van der Waals surface area (Å²) in [6, 6.07) is 6.72. The third-order valence-corrected chi connectivity index (χ3v) is 2.50. The fourth-order valence-electron chi connectivity index (χ4n) is 1.47. The number of nitriles is 1. The molecule has 5 nitrogen and oxygen atoms in total. The number of carbonyl (C=O) groups excluding carboxylic acids is 1. The van der Waals surface area contributed by atoms with Crippen molar-refractivity contribution in [3.05, 3.63) is 40.5 Å². The van der Waals surface area contributed by atoms with Crippen LogP contribution in [0, 0.1) is 23.7 Å². The number of ether oxygens (including phenoxy) is 1. The summed E-state index contributed by atoms with van der Waals surface area (Å²) in [4.78, 5) is 11.4. The number of rotatable bonds is 3. The average molecular weight is 243 g/mol. The summed E-state index contributed by atoms with van der Waals surface area (Å²) < 4.78 is 4.62. The van der Waals surface area contributed by atoms with Gasteiger partial charge < -0.3 is 15.9 Å². The van der Waals surface area contributed by atoms with Crippen molar-refractivity contribution in [2.24, 2.45) is 5.73 Å². The number of hydrogen-bond donors (Lipinski definition) is 2. The molecule has 0 radical (unpaired) electrons. The molecule has 1 rings (SSSR count).